The summed E-state index contributed by atoms with van der Waals surface area (Å²) < 4.78 is 12.4. The maximum atomic E-state index is 8.05. The van der Waals surface area contributed by atoms with Gasteiger partial charge in [0.15, 0.2) is 5.90 Å². The lowest BCUT2D eigenvalue weighted by atomic mass is 9.88. The lowest BCUT2D eigenvalue weighted by molar-refractivity contribution is 0.193. The first kappa shape index (κ1) is 23.5. The average Bonchev–Trinajstić information content (AvgIpc) is 3.32. The number of piperidine rings is 1. The second-order valence-corrected chi connectivity index (χ2v) is 10.3. The molecule has 3 aromatic carbocycles. The Labute approximate surface area is 210 Å². The molecule has 2 heterocycles. The van der Waals surface area contributed by atoms with Crippen LogP contribution in [0, 0.1) is 10.8 Å². The van der Waals surface area contributed by atoms with Crippen LogP contribution in [0.3, 0.4) is 0 Å². The fourth-order valence-electron chi connectivity index (χ4n) is 4.90. The van der Waals surface area contributed by atoms with Gasteiger partial charge in [-0.05, 0) is 72.8 Å². The molecule has 6 heteroatoms. The monoisotopic (exact) mass is 485 g/mol. The van der Waals surface area contributed by atoms with Crippen LogP contribution in [-0.2, 0) is 4.74 Å². The molecule has 0 bridgehead atoms. The average molecular weight is 486 g/mol. The normalized spacial score (nSPS) is 14.9. The summed E-state index contributed by atoms with van der Waals surface area (Å²) in [5, 5.41) is 19.1. The molecule has 0 aliphatic carbocycles. The Bertz CT molecular complexity index is 1350. The minimum Gasteiger partial charge on any atom is -0.493 e. The van der Waals surface area contributed by atoms with E-state index >= 15 is 0 Å². The quantitative estimate of drug-likeness (QED) is 0.167. The van der Waals surface area contributed by atoms with E-state index in [9.17, 15) is 0 Å². The molecule has 1 aromatic heterocycles. The molecule has 35 heavy (non-hydrogen) atoms. The van der Waals surface area contributed by atoms with E-state index in [1.54, 1.807) is 0 Å². The Hall–Kier alpha value is -3.22. The highest BCUT2D eigenvalue weighted by molar-refractivity contribution is 7.20. The van der Waals surface area contributed by atoms with Gasteiger partial charge in [-0.15, -0.1) is 11.3 Å². The summed E-state index contributed by atoms with van der Waals surface area (Å²) in [6.07, 6.45) is 3.40. The molecule has 2 N–H and O–H groups in total. The fraction of sp³-hybridized carbons (Fsp3) is 0.310. The number of ether oxygens (including phenoxy) is 2. The molecule has 5 rings (SSSR count). The number of rotatable bonds is 7. The standard InChI is InChI=1S/C29H31N3O2S/c1-20(30)34-29(31)28-19-25-26(8-4-9-27(25)35-28)33-17-5-14-32-15-12-22(13-16-32)24-11-10-21-6-2-3-7-23(21)18-24/h2-4,6-11,18-19,22,30-31H,5,12-17H2,1H3. The minimum absolute atomic E-state index is 0.0109. The van der Waals surface area contributed by atoms with Crippen molar-refractivity contribution in [2.75, 3.05) is 26.2 Å². The number of nitrogens with zero attached hydrogens (tertiary/aromatic N) is 1. The van der Waals surface area contributed by atoms with Crippen molar-refractivity contribution in [2.45, 2.75) is 32.1 Å². The third kappa shape index (κ3) is 5.55. The van der Waals surface area contributed by atoms with Gasteiger partial charge in [-0.3, -0.25) is 10.8 Å². The van der Waals surface area contributed by atoms with Gasteiger partial charge in [-0.1, -0.05) is 48.5 Å². The molecule has 0 unspecified atom stereocenters. The van der Waals surface area contributed by atoms with Gasteiger partial charge in [0, 0.05) is 23.6 Å². The van der Waals surface area contributed by atoms with Crippen LogP contribution >= 0.6 is 11.3 Å². The number of benzene rings is 3. The van der Waals surface area contributed by atoms with Crippen molar-refractivity contribution in [3.05, 3.63) is 77.2 Å². The predicted octanol–water partition coefficient (Wildman–Crippen LogP) is 7.04. The number of likely N-dealkylation sites (tertiary alicyclic amines) is 1. The van der Waals surface area contributed by atoms with Gasteiger partial charge in [0.05, 0.1) is 11.5 Å². The van der Waals surface area contributed by atoms with Crippen molar-refractivity contribution in [3.63, 3.8) is 0 Å². The zero-order valence-electron chi connectivity index (χ0n) is 20.0. The van der Waals surface area contributed by atoms with Gasteiger partial charge < -0.3 is 14.4 Å². The summed E-state index contributed by atoms with van der Waals surface area (Å²) in [5.41, 5.74) is 1.48. The van der Waals surface area contributed by atoms with Crippen LogP contribution in [-0.4, -0.2) is 42.9 Å². The number of hydrogen-bond acceptors (Lipinski definition) is 6. The molecule has 4 aromatic rings. The maximum absolute atomic E-state index is 8.05. The topological polar surface area (TPSA) is 69.4 Å². The Morgan fingerprint density at radius 2 is 1.77 bits per heavy atom. The van der Waals surface area contributed by atoms with Crippen LogP contribution in [0.15, 0.2) is 66.7 Å². The number of fused-ring (bicyclic) bond motifs is 2. The van der Waals surface area contributed by atoms with Crippen LogP contribution in [0.4, 0.5) is 0 Å². The van der Waals surface area contributed by atoms with E-state index in [1.807, 2.05) is 24.3 Å². The summed E-state index contributed by atoms with van der Waals surface area (Å²) >= 11 is 1.49. The lowest BCUT2D eigenvalue weighted by Crippen LogP contribution is -2.34. The van der Waals surface area contributed by atoms with Crippen molar-refractivity contribution < 1.29 is 9.47 Å². The SMILES string of the molecule is CC(=N)OC(=N)c1cc2c(OCCCN3CCC(c4ccc5ccccc5c4)CC3)cccc2s1. The van der Waals surface area contributed by atoms with Crippen molar-refractivity contribution in [2.24, 2.45) is 0 Å². The van der Waals surface area contributed by atoms with Gasteiger partial charge >= 0.3 is 0 Å². The summed E-state index contributed by atoms with van der Waals surface area (Å²) in [6.45, 7) is 5.52. The van der Waals surface area contributed by atoms with E-state index in [-0.39, 0.29) is 11.8 Å². The van der Waals surface area contributed by atoms with Crippen molar-refractivity contribution in [1.82, 2.24) is 4.90 Å². The number of thiophene rings is 1. The molecule has 0 radical (unpaired) electrons. The second-order valence-electron chi connectivity index (χ2n) is 9.19. The highest BCUT2D eigenvalue weighted by Crippen LogP contribution is 2.34. The zero-order valence-corrected chi connectivity index (χ0v) is 20.9. The van der Waals surface area contributed by atoms with E-state index in [2.05, 4.69) is 47.4 Å². The number of hydrogen-bond donors (Lipinski definition) is 2. The smallest absolute Gasteiger partial charge is 0.230 e. The maximum Gasteiger partial charge on any atom is 0.230 e. The van der Waals surface area contributed by atoms with Crippen LogP contribution in [0.1, 0.15) is 42.5 Å². The molecule has 1 fully saturated rings. The van der Waals surface area contributed by atoms with E-state index in [1.165, 1.54) is 47.4 Å². The second kappa shape index (κ2) is 10.6. The van der Waals surface area contributed by atoms with Crippen molar-refractivity contribution >= 4 is 44.0 Å². The predicted molar refractivity (Wildman–Crippen MR) is 146 cm³/mol. The van der Waals surface area contributed by atoms with Crippen LogP contribution in [0.2, 0.25) is 0 Å². The Morgan fingerprint density at radius 3 is 2.57 bits per heavy atom. The van der Waals surface area contributed by atoms with Crippen LogP contribution < -0.4 is 4.74 Å². The molecule has 0 atom stereocenters. The summed E-state index contributed by atoms with van der Waals surface area (Å²) in [6, 6.07) is 23.5. The molecular weight excluding hydrogens is 454 g/mol. The first-order valence-corrected chi connectivity index (χ1v) is 13.1. The first-order chi connectivity index (χ1) is 17.1. The number of nitrogens with one attached hydrogen (secondary N) is 2. The van der Waals surface area contributed by atoms with Gasteiger partial charge in [-0.2, -0.15) is 0 Å². The van der Waals surface area contributed by atoms with Crippen molar-refractivity contribution in [3.8, 4) is 5.75 Å². The highest BCUT2D eigenvalue weighted by atomic mass is 32.1. The summed E-state index contributed by atoms with van der Waals surface area (Å²) in [4.78, 5) is 3.26. The first-order valence-electron chi connectivity index (χ1n) is 12.2. The van der Waals surface area contributed by atoms with Gasteiger partial charge in [-0.25, -0.2) is 0 Å². The van der Waals surface area contributed by atoms with Crippen molar-refractivity contribution in [1.29, 1.82) is 10.8 Å². The molecule has 1 aliphatic rings. The van der Waals surface area contributed by atoms with Gasteiger partial charge in [0.1, 0.15) is 5.75 Å². The third-order valence-corrected chi connectivity index (χ3v) is 7.81. The molecule has 0 amide bonds. The largest absolute Gasteiger partial charge is 0.493 e. The fourth-order valence-corrected chi connectivity index (χ4v) is 5.86. The van der Waals surface area contributed by atoms with E-state index < -0.39 is 0 Å². The summed E-state index contributed by atoms with van der Waals surface area (Å²) in [7, 11) is 0. The molecule has 1 aliphatic heterocycles. The minimum atomic E-state index is 0.0109. The molecular formula is C29H31N3O2S. The molecule has 1 saturated heterocycles. The zero-order chi connectivity index (χ0) is 24.2. The van der Waals surface area contributed by atoms with E-state index in [0.29, 0.717) is 17.4 Å². The highest BCUT2D eigenvalue weighted by Gasteiger charge is 2.20. The molecule has 0 spiro atoms. The molecule has 0 saturated carbocycles. The van der Waals surface area contributed by atoms with Crippen LogP contribution in [0.5, 0.6) is 5.75 Å². The van der Waals surface area contributed by atoms with Crippen LogP contribution in [0.25, 0.3) is 20.9 Å². The lowest BCUT2D eigenvalue weighted by Gasteiger charge is -2.32. The molecule has 5 nitrogen and oxygen atoms in total. The van der Waals surface area contributed by atoms with Gasteiger partial charge in [0.2, 0.25) is 5.90 Å². The Balaban J connectivity index is 1.11. The van der Waals surface area contributed by atoms with Gasteiger partial charge in [0.25, 0.3) is 0 Å². The van der Waals surface area contributed by atoms with E-state index in [0.717, 1.165) is 41.9 Å². The molecule has 180 valence electrons. The Morgan fingerprint density at radius 1 is 0.971 bits per heavy atom. The summed E-state index contributed by atoms with van der Waals surface area (Å²) in [5.74, 6) is 1.53. The van der Waals surface area contributed by atoms with E-state index in [4.69, 9.17) is 20.3 Å². The third-order valence-electron chi connectivity index (χ3n) is 6.71. The Kier molecular flexibility index (Phi) is 7.11.